The van der Waals surface area contributed by atoms with Crippen molar-refractivity contribution in [2.75, 3.05) is 5.75 Å². The molecule has 1 aromatic carbocycles. The molecule has 5 heteroatoms. The Morgan fingerprint density at radius 1 is 1.30 bits per heavy atom. The number of benzene rings is 1. The number of rotatable bonds is 4. The standard InChI is InChI=1S/C22H23F2NOS/c1-4-27(26)20-7-5-6-18(19-12-22(23,24)15(3)21(19)20)11-16-8-14(2)9-17(10-16)13-25/h6-10,15H,4-5,11-12H2,1-3H3/t15-,27?/m0/s1. The molecule has 27 heavy (non-hydrogen) atoms. The summed E-state index contributed by atoms with van der Waals surface area (Å²) < 4.78 is 41.7. The fourth-order valence-corrected chi connectivity index (χ4v) is 5.08. The Hall–Kier alpha value is -1.90. The predicted octanol–water partition coefficient (Wildman–Crippen LogP) is 5.36. The Morgan fingerprint density at radius 2 is 2.04 bits per heavy atom. The lowest BCUT2D eigenvalue weighted by atomic mass is 9.93. The maximum Gasteiger partial charge on any atom is 0.258 e. The highest BCUT2D eigenvalue weighted by Crippen LogP contribution is 2.51. The summed E-state index contributed by atoms with van der Waals surface area (Å²) in [6.45, 7) is 5.27. The van der Waals surface area contributed by atoms with E-state index in [2.05, 4.69) is 6.07 Å². The average Bonchev–Trinajstić information content (AvgIpc) is 2.76. The third-order valence-electron chi connectivity index (χ3n) is 5.29. The van der Waals surface area contributed by atoms with Crippen molar-refractivity contribution in [1.29, 1.82) is 5.26 Å². The number of hydrogen-bond donors (Lipinski definition) is 0. The summed E-state index contributed by atoms with van der Waals surface area (Å²) in [5.41, 5.74) is 4.55. The summed E-state index contributed by atoms with van der Waals surface area (Å²) in [5, 5.41) is 9.20. The first-order chi connectivity index (χ1) is 12.8. The van der Waals surface area contributed by atoms with Crippen LogP contribution in [0.4, 0.5) is 8.78 Å². The van der Waals surface area contributed by atoms with Gasteiger partial charge in [-0.3, -0.25) is 0 Å². The molecular weight excluding hydrogens is 364 g/mol. The number of hydrogen-bond acceptors (Lipinski definition) is 2. The first kappa shape index (κ1) is 19.9. The highest BCUT2D eigenvalue weighted by Gasteiger charge is 2.50. The molecule has 2 aliphatic rings. The van der Waals surface area contributed by atoms with E-state index >= 15 is 0 Å². The van der Waals surface area contributed by atoms with E-state index in [1.807, 2.05) is 44.2 Å². The lowest BCUT2D eigenvalue weighted by Crippen LogP contribution is -2.23. The van der Waals surface area contributed by atoms with Gasteiger partial charge in [-0.25, -0.2) is 8.78 Å². The van der Waals surface area contributed by atoms with Gasteiger partial charge in [-0.2, -0.15) is 5.26 Å². The molecule has 0 heterocycles. The normalized spacial score (nSPS) is 22.5. The largest absolute Gasteiger partial charge is 0.611 e. The summed E-state index contributed by atoms with van der Waals surface area (Å²) in [6, 6.07) is 7.76. The third kappa shape index (κ3) is 3.88. The Bertz CT molecular complexity index is 892. The fraction of sp³-hybridized carbons (Fsp3) is 0.409. The minimum Gasteiger partial charge on any atom is -0.611 e. The van der Waals surface area contributed by atoms with E-state index in [1.54, 1.807) is 0 Å². The van der Waals surface area contributed by atoms with E-state index in [9.17, 15) is 18.6 Å². The second kappa shape index (κ2) is 7.61. The molecule has 0 bridgehead atoms. The Balaban J connectivity index is 2.04. The molecule has 0 aromatic heterocycles. The van der Waals surface area contributed by atoms with Gasteiger partial charge < -0.3 is 4.55 Å². The monoisotopic (exact) mass is 387 g/mol. The smallest absolute Gasteiger partial charge is 0.258 e. The van der Waals surface area contributed by atoms with Crippen LogP contribution in [0, 0.1) is 24.2 Å². The van der Waals surface area contributed by atoms with Gasteiger partial charge in [0, 0.05) is 12.0 Å². The van der Waals surface area contributed by atoms with Crippen LogP contribution in [-0.4, -0.2) is 16.2 Å². The first-order valence-corrected chi connectivity index (χ1v) is 10.5. The van der Waals surface area contributed by atoms with Crippen LogP contribution < -0.4 is 0 Å². The molecule has 142 valence electrons. The van der Waals surface area contributed by atoms with Crippen LogP contribution in [-0.2, 0) is 17.6 Å². The average molecular weight is 387 g/mol. The molecule has 0 N–H and O–H groups in total. The van der Waals surface area contributed by atoms with Crippen molar-refractivity contribution in [3.05, 3.63) is 68.7 Å². The summed E-state index contributed by atoms with van der Waals surface area (Å²) in [6.07, 6.45) is 4.58. The highest BCUT2D eigenvalue weighted by molar-refractivity contribution is 7.95. The fourth-order valence-electron chi connectivity index (χ4n) is 3.95. The summed E-state index contributed by atoms with van der Waals surface area (Å²) >= 11 is -1.27. The van der Waals surface area contributed by atoms with E-state index in [0.717, 1.165) is 16.7 Å². The molecule has 2 nitrogen and oxygen atoms in total. The van der Waals surface area contributed by atoms with Gasteiger partial charge in [0.05, 0.1) is 17.6 Å². The van der Waals surface area contributed by atoms with Crippen molar-refractivity contribution in [3.8, 4) is 6.07 Å². The van der Waals surface area contributed by atoms with E-state index < -0.39 is 23.0 Å². The van der Waals surface area contributed by atoms with Gasteiger partial charge >= 0.3 is 0 Å². The van der Waals surface area contributed by atoms with E-state index in [0.29, 0.717) is 40.2 Å². The second-order valence-electron chi connectivity index (χ2n) is 7.22. The minimum absolute atomic E-state index is 0.315. The van der Waals surface area contributed by atoms with Gasteiger partial charge in [0.15, 0.2) is 4.91 Å². The summed E-state index contributed by atoms with van der Waals surface area (Å²) in [7, 11) is 0. The Labute approximate surface area is 162 Å². The Kier molecular flexibility index (Phi) is 5.60. The molecule has 1 aromatic rings. The van der Waals surface area contributed by atoms with Crippen molar-refractivity contribution in [1.82, 2.24) is 0 Å². The van der Waals surface area contributed by atoms with E-state index in [1.165, 1.54) is 6.92 Å². The van der Waals surface area contributed by atoms with Gasteiger partial charge in [-0.15, -0.1) is 0 Å². The van der Waals surface area contributed by atoms with Gasteiger partial charge in [-0.1, -0.05) is 19.1 Å². The topological polar surface area (TPSA) is 46.8 Å². The zero-order valence-electron chi connectivity index (χ0n) is 15.8. The quantitative estimate of drug-likeness (QED) is 0.653. The van der Waals surface area contributed by atoms with Gasteiger partial charge in [0.1, 0.15) is 5.75 Å². The zero-order chi connectivity index (χ0) is 19.8. The van der Waals surface area contributed by atoms with Crippen LogP contribution in [0.15, 0.2) is 52.0 Å². The van der Waals surface area contributed by atoms with Crippen LogP contribution in [0.2, 0.25) is 0 Å². The maximum absolute atomic E-state index is 14.6. The molecule has 0 aliphatic heterocycles. The van der Waals surface area contributed by atoms with Crippen molar-refractivity contribution in [2.45, 2.75) is 46.0 Å². The Morgan fingerprint density at radius 3 is 2.70 bits per heavy atom. The van der Waals surface area contributed by atoms with Crippen LogP contribution >= 0.6 is 0 Å². The molecule has 2 atom stereocenters. The molecular formula is C22H23F2NOS. The van der Waals surface area contributed by atoms with E-state index in [-0.39, 0.29) is 6.42 Å². The lowest BCUT2D eigenvalue weighted by Gasteiger charge is -2.20. The van der Waals surface area contributed by atoms with Crippen molar-refractivity contribution < 1.29 is 13.3 Å². The van der Waals surface area contributed by atoms with Crippen LogP contribution in [0.5, 0.6) is 0 Å². The molecule has 0 amide bonds. The SMILES string of the molecule is CC[S+]([O-])C1=CCC=C(Cc2cc(C)cc(C#N)c2)C2=C1[C@H](C)C(F)(F)C2. The summed E-state index contributed by atoms with van der Waals surface area (Å²) in [4.78, 5) is 0.574. The lowest BCUT2D eigenvalue weighted by molar-refractivity contribution is -0.0246. The molecule has 3 rings (SSSR count). The molecule has 0 spiro atoms. The number of allylic oxidation sites excluding steroid dienone is 5. The molecule has 0 fully saturated rings. The van der Waals surface area contributed by atoms with Gasteiger partial charge in [-0.05, 0) is 78.3 Å². The minimum atomic E-state index is -2.83. The summed E-state index contributed by atoms with van der Waals surface area (Å²) in [5.74, 6) is -3.36. The maximum atomic E-state index is 14.6. The second-order valence-corrected chi connectivity index (χ2v) is 8.92. The van der Waals surface area contributed by atoms with Gasteiger partial charge in [0.2, 0.25) is 0 Å². The number of nitriles is 1. The van der Waals surface area contributed by atoms with Crippen molar-refractivity contribution >= 4 is 11.2 Å². The van der Waals surface area contributed by atoms with Crippen LogP contribution in [0.25, 0.3) is 0 Å². The number of aryl methyl sites for hydroxylation is 1. The molecule has 0 saturated heterocycles. The van der Waals surface area contributed by atoms with Crippen LogP contribution in [0.3, 0.4) is 0 Å². The number of halogens is 2. The van der Waals surface area contributed by atoms with Crippen molar-refractivity contribution in [2.24, 2.45) is 5.92 Å². The number of alkyl halides is 2. The molecule has 1 unspecified atom stereocenters. The highest BCUT2D eigenvalue weighted by atomic mass is 32.2. The number of nitrogens with zero attached hydrogens (tertiary/aromatic N) is 1. The molecule has 2 aliphatic carbocycles. The predicted molar refractivity (Wildman–Crippen MR) is 105 cm³/mol. The van der Waals surface area contributed by atoms with E-state index in [4.69, 9.17) is 0 Å². The van der Waals surface area contributed by atoms with Gasteiger partial charge in [0.25, 0.3) is 5.92 Å². The first-order valence-electron chi connectivity index (χ1n) is 9.16. The molecule has 0 radical (unpaired) electrons. The van der Waals surface area contributed by atoms with Crippen molar-refractivity contribution in [3.63, 3.8) is 0 Å². The third-order valence-corrected chi connectivity index (χ3v) is 6.69. The zero-order valence-corrected chi connectivity index (χ0v) is 16.6. The molecule has 0 saturated carbocycles. The van der Waals surface area contributed by atoms with Crippen LogP contribution in [0.1, 0.15) is 43.4 Å².